The Balaban J connectivity index is 1.44. The summed E-state index contributed by atoms with van der Waals surface area (Å²) in [5, 5.41) is 6.88. The van der Waals surface area contributed by atoms with Crippen molar-refractivity contribution in [3.05, 3.63) is 76.2 Å². The summed E-state index contributed by atoms with van der Waals surface area (Å²) in [6.07, 6.45) is 4.35. The fourth-order valence-electron chi connectivity index (χ4n) is 4.20. The molecule has 1 aliphatic rings. The van der Waals surface area contributed by atoms with Gasteiger partial charge < -0.3 is 9.84 Å². The lowest BCUT2D eigenvalue weighted by molar-refractivity contribution is -0.120. The van der Waals surface area contributed by atoms with Gasteiger partial charge in [0, 0.05) is 24.7 Å². The van der Waals surface area contributed by atoms with E-state index in [9.17, 15) is 13.2 Å². The lowest BCUT2D eigenvalue weighted by Crippen LogP contribution is -2.41. The summed E-state index contributed by atoms with van der Waals surface area (Å²) < 4.78 is 33.7. The number of sulfonamides is 1. The van der Waals surface area contributed by atoms with Gasteiger partial charge in [0.1, 0.15) is 5.69 Å². The highest BCUT2D eigenvalue weighted by atomic mass is 32.2. The van der Waals surface area contributed by atoms with E-state index in [2.05, 4.69) is 10.5 Å². The van der Waals surface area contributed by atoms with E-state index in [0.29, 0.717) is 18.5 Å². The first-order chi connectivity index (χ1) is 16.6. The summed E-state index contributed by atoms with van der Waals surface area (Å²) in [4.78, 5) is 12.9. The molecule has 3 aromatic rings. The second-order valence-electron chi connectivity index (χ2n) is 9.17. The van der Waals surface area contributed by atoms with Gasteiger partial charge in [-0.3, -0.25) is 4.79 Å². The monoisotopic (exact) mass is 493 g/mol. The van der Waals surface area contributed by atoms with Gasteiger partial charge in [-0.2, -0.15) is 4.31 Å². The Labute approximate surface area is 206 Å². The minimum absolute atomic E-state index is 0.0758. The van der Waals surface area contributed by atoms with Gasteiger partial charge in [-0.25, -0.2) is 8.42 Å². The van der Waals surface area contributed by atoms with Crippen LogP contribution in [-0.2, 0) is 14.8 Å². The molecule has 2 heterocycles. The molecule has 1 saturated heterocycles. The van der Waals surface area contributed by atoms with Gasteiger partial charge in [0.25, 0.3) is 0 Å². The molecule has 0 bridgehead atoms. The maximum atomic E-state index is 13.5. The van der Waals surface area contributed by atoms with Crippen molar-refractivity contribution >= 4 is 33.8 Å². The maximum Gasteiger partial charge on any atom is 0.248 e. The van der Waals surface area contributed by atoms with Crippen molar-refractivity contribution in [2.45, 2.75) is 45.4 Å². The molecular weight excluding hydrogens is 462 g/mol. The van der Waals surface area contributed by atoms with E-state index in [0.717, 1.165) is 22.4 Å². The van der Waals surface area contributed by atoms with Crippen LogP contribution in [0.2, 0.25) is 0 Å². The fourth-order valence-corrected chi connectivity index (χ4v) is 5.92. The molecule has 184 valence electrons. The topological polar surface area (TPSA) is 92.5 Å². The Morgan fingerprint density at radius 1 is 1.00 bits per heavy atom. The summed E-state index contributed by atoms with van der Waals surface area (Å²) in [5.74, 6) is -0.113. The molecule has 0 saturated carbocycles. The van der Waals surface area contributed by atoms with Crippen molar-refractivity contribution < 1.29 is 17.7 Å². The second kappa shape index (κ2) is 10.2. The third-order valence-corrected chi connectivity index (χ3v) is 8.59. The van der Waals surface area contributed by atoms with Crippen LogP contribution in [0.15, 0.2) is 51.9 Å². The highest BCUT2D eigenvalue weighted by molar-refractivity contribution is 7.89. The van der Waals surface area contributed by atoms with Gasteiger partial charge in [0.05, 0.1) is 0 Å². The number of anilines is 1. The molecule has 1 aliphatic heterocycles. The minimum atomic E-state index is -3.82. The summed E-state index contributed by atoms with van der Waals surface area (Å²) in [7, 11) is -3.82. The number of piperidine rings is 1. The number of hydrogen-bond donors (Lipinski definition) is 1. The molecule has 1 aromatic heterocycles. The molecule has 0 radical (unpaired) electrons. The number of carbonyl (C=O) groups excluding carboxylic acids is 1. The van der Waals surface area contributed by atoms with Crippen LogP contribution in [0.1, 0.15) is 46.5 Å². The number of nitrogens with zero attached hydrogens (tertiary/aromatic N) is 2. The number of amides is 1. The molecule has 0 unspecified atom stereocenters. The Morgan fingerprint density at radius 3 is 2.34 bits per heavy atom. The number of rotatable bonds is 6. The normalized spacial score (nSPS) is 15.5. The summed E-state index contributed by atoms with van der Waals surface area (Å²) >= 11 is 0. The second-order valence-corrected chi connectivity index (χ2v) is 11.0. The molecule has 4 rings (SSSR count). The SMILES string of the molecule is Cc1ccc(/C=C/c2onc(C)c2S(=O)(=O)N2CCC(C(=O)Nc3ccc(C)c(C)c3)CC2)cc1. The van der Waals surface area contributed by atoms with Crippen LogP contribution in [0.4, 0.5) is 5.69 Å². The minimum Gasteiger partial charge on any atom is -0.355 e. The van der Waals surface area contributed by atoms with Crippen LogP contribution in [0, 0.1) is 33.6 Å². The van der Waals surface area contributed by atoms with Crippen LogP contribution in [0.5, 0.6) is 0 Å². The van der Waals surface area contributed by atoms with Crippen LogP contribution >= 0.6 is 0 Å². The predicted molar refractivity (Wildman–Crippen MR) is 137 cm³/mol. The van der Waals surface area contributed by atoms with E-state index in [4.69, 9.17) is 4.52 Å². The van der Waals surface area contributed by atoms with Gasteiger partial charge in [0.15, 0.2) is 10.7 Å². The van der Waals surface area contributed by atoms with E-state index in [1.807, 2.05) is 69.3 Å². The third kappa shape index (κ3) is 5.55. The highest BCUT2D eigenvalue weighted by Crippen LogP contribution is 2.30. The summed E-state index contributed by atoms with van der Waals surface area (Å²) in [6, 6.07) is 13.7. The smallest absolute Gasteiger partial charge is 0.248 e. The number of carbonyl (C=O) groups is 1. The van der Waals surface area contributed by atoms with Crippen LogP contribution in [0.3, 0.4) is 0 Å². The maximum absolute atomic E-state index is 13.5. The Hall–Kier alpha value is -3.23. The van der Waals surface area contributed by atoms with Crippen molar-refractivity contribution in [2.24, 2.45) is 5.92 Å². The first-order valence-electron chi connectivity index (χ1n) is 11.7. The van der Waals surface area contributed by atoms with Gasteiger partial charge >= 0.3 is 0 Å². The number of hydrogen-bond acceptors (Lipinski definition) is 5. The Bertz CT molecular complexity index is 1350. The van der Waals surface area contributed by atoms with Crippen molar-refractivity contribution in [3.8, 4) is 0 Å². The van der Waals surface area contributed by atoms with E-state index in [1.54, 1.807) is 13.0 Å². The molecular formula is C27H31N3O4S. The number of aryl methyl sites for hydroxylation is 4. The van der Waals surface area contributed by atoms with E-state index >= 15 is 0 Å². The molecule has 0 atom stereocenters. The van der Waals surface area contributed by atoms with Gasteiger partial charge in [-0.05, 0) is 75.4 Å². The van der Waals surface area contributed by atoms with E-state index in [1.165, 1.54) is 9.87 Å². The van der Waals surface area contributed by atoms with Crippen molar-refractivity contribution in [2.75, 3.05) is 18.4 Å². The zero-order valence-electron chi connectivity index (χ0n) is 20.5. The van der Waals surface area contributed by atoms with Crippen LogP contribution in [0.25, 0.3) is 12.2 Å². The third-order valence-electron chi connectivity index (χ3n) is 6.53. The number of aromatic nitrogens is 1. The average molecular weight is 494 g/mol. The number of nitrogens with one attached hydrogen (secondary N) is 1. The molecule has 1 amide bonds. The largest absolute Gasteiger partial charge is 0.355 e. The number of benzene rings is 2. The quantitative estimate of drug-likeness (QED) is 0.515. The molecule has 1 fully saturated rings. The standard InChI is InChI=1S/C27H31N3O4S/c1-18-5-8-22(9-6-18)10-12-25-26(21(4)29-34-25)35(32,33)30-15-13-23(14-16-30)27(31)28-24-11-7-19(2)20(3)17-24/h5-12,17,23H,13-16H2,1-4H3,(H,28,31)/b12-10+. The molecule has 7 nitrogen and oxygen atoms in total. The zero-order valence-corrected chi connectivity index (χ0v) is 21.4. The van der Waals surface area contributed by atoms with E-state index < -0.39 is 10.0 Å². The average Bonchev–Trinajstić information content (AvgIpc) is 3.22. The first-order valence-corrected chi connectivity index (χ1v) is 13.2. The fraction of sp³-hybridized carbons (Fsp3) is 0.333. The lowest BCUT2D eigenvalue weighted by atomic mass is 9.97. The Kier molecular flexibility index (Phi) is 7.23. The van der Waals surface area contributed by atoms with Gasteiger partial charge in [0.2, 0.25) is 15.9 Å². The van der Waals surface area contributed by atoms with Crippen molar-refractivity contribution in [1.29, 1.82) is 0 Å². The summed E-state index contributed by atoms with van der Waals surface area (Å²) in [6.45, 7) is 8.19. The van der Waals surface area contributed by atoms with Gasteiger partial charge in [-0.1, -0.05) is 47.1 Å². The van der Waals surface area contributed by atoms with Crippen molar-refractivity contribution in [3.63, 3.8) is 0 Å². The molecule has 2 aromatic carbocycles. The first kappa shape index (κ1) is 24.9. The highest BCUT2D eigenvalue weighted by Gasteiger charge is 2.36. The molecule has 35 heavy (non-hydrogen) atoms. The van der Waals surface area contributed by atoms with Gasteiger partial charge in [-0.15, -0.1) is 0 Å². The molecule has 8 heteroatoms. The zero-order chi connectivity index (χ0) is 25.2. The van der Waals surface area contributed by atoms with Crippen molar-refractivity contribution in [1.82, 2.24) is 9.46 Å². The lowest BCUT2D eigenvalue weighted by Gasteiger charge is -2.30. The van der Waals surface area contributed by atoms with E-state index in [-0.39, 0.29) is 35.6 Å². The Morgan fingerprint density at radius 2 is 1.69 bits per heavy atom. The molecule has 0 aliphatic carbocycles. The molecule has 0 spiro atoms. The van der Waals surface area contributed by atoms with Crippen LogP contribution in [-0.4, -0.2) is 36.9 Å². The summed E-state index contributed by atoms with van der Waals surface area (Å²) in [5.41, 5.74) is 5.44. The predicted octanol–water partition coefficient (Wildman–Crippen LogP) is 5.12. The molecule has 1 N–H and O–H groups in total. The van der Waals surface area contributed by atoms with Crippen LogP contribution < -0.4 is 5.32 Å².